The molecule has 6 heteroatoms. The number of methoxy groups -OCH3 is 1. The van der Waals surface area contributed by atoms with E-state index in [1.54, 1.807) is 7.11 Å². The molecule has 0 bridgehead atoms. The standard InChI is InChI=1S/C30H33IO5/c1-30(2,3)36-29(33)27(19-22-10-14-24(31)15-11-22)26(18-21-8-6-5-7-9-21)28(32)35-20-23-12-16-25(34-4)17-13-23/h5-17,26-27H,18-20H2,1-4H3/t26-,27+/m1/s1. The van der Waals surface area contributed by atoms with Crippen molar-refractivity contribution in [2.75, 3.05) is 7.11 Å². The first kappa shape index (κ1) is 27.7. The van der Waals surface area contributed by atoms with E-state index in [-0.39, 0.29) is 6.61 Å². The smallest absolute Gasteiger partial charge is 0.310 e. The van der Waals surface area contributed by atoms with E-state index in [1.165, 1.54) is 0 Å². The van der Waals surface area contributed by atoms with Crippen LogP contribution >= 0.6 is 22.6 Å². The minimum Gasteiger partial charge on any atom is -0.497 e. The third-order valence-electron chi connectivity index (χ3n) is 5.71. The molecule has 3 rings (SSSR count). The van der Waals surface area contributed by atoms with E-state index in [0.717, 1.165) is 26.0 Å². The van der Waals surface area contributed by atoms with Crippen LogP contribution in [0.1, 0.15) is 37.5 Å². The summed E-state index contributed by atoms with van der Waals surface area (Å²) in [4.78, 5) is 27.0. The summed E-state index contributed by atoms with van der Waals surface area (Å²) in [5.74, 6) is -1.50. The summed E-state index contributed by atoms with van der Waals surface area (Å²) in [7, 11) is 1.60. The summed E-state index contributed by atoms with van der Waals surface area (Å²) in [5, 5.41) is 0. The van der Waals surface area contributed by atoms with Crippen LogP contribution in [0.5, 0.6) is 5.75 Å². The number of esters is 2. The Morgan fingerprint density at radius 3 is 1.83 bits per heavy atom. The largest absolute Gasteiger partial charge is 0.497 e. The van der Waals surface area contributed by atoms with E-state index in [4.69, 9.17) is 14.2 Å². The first-order chi connectivity index (χ1) is 17.1. The van der Waals surface area contributed by atoms with Crippen LogP contribution in [0.4, 0.5) is 0 Å². The molecule has 0 radical (unpaired) electrons. The van der Waals surface area contributed by atoms with Crippen LogP contribution in [-0.2, 0) is 38.5 Å². The van der Waals surface area contributed by atoms with Gasteiger partial charge in [-0.1, -0.05) is 54.6 Å². The van der Waals surface area contributed by atoms with Crippen molar-refractivity contribution in [1.29, 1.82) is 0 Å². The molecule has 3 aromatic carbocycles. The van der Waals surface area contributed by atoms with Gasteiger partial charge in [-0.2, -0.15) is 0 Å². The van der Waals surface area contributed by atoms with Gasteiger partial charge in [-0.3, -0.25) is 9.59 Å². The van der Waals surface area contributed by atoms with Crippen molar-refractivity contribution in [3.05, 3.63) is 99.1 Å². The summed E-state index contributed by atoms with van der Waals surface area (Å²) >= 11 is 2.25. The number of hydrogen-bond donors (Lipinski definition) is 0. The van der Waals surface area contributed by atoms with Gasteiger partial charge in [0.25, 0.3) is 0 Å². The predicted molar refractivity (Wildman–Crippen MR) is 149 cm³/mol. The van der Waals surface area contributed by atoms with Gasteiger partial charge >= 0.3 is 11.9 Å². The highest BCUT2D eigenvalue weighted by Crippen LogP contribution is 2.28. The Hall–Kier alpha value is -2.87. The second kappa shape index (κ2) is 12.9. The lowest BCUT2D eigenvalue weighted by Gasteiger charge is -2.28. The topological polar surface area (TPSA) is 61.8 Å². The van der Waals surface area contributed by atoms with Crippen molar-refractivity contribution in [2.45, 2.75) is 45.8 Å². The van der Waals surface area contributed by atoms with Crippen molar-refractivity contribution in [1.82, 2.24) is 0 Å². The van der Waals surface area contributed by atoms with Gasteiger partial charge in [0, 0.05) is 3.57 Å². The molecule has 0 aromatic heterocycles. The first-order valence-electron chi connectivity index (χ1n) is 12.0. The van der Waals surface area contributed by atoms with Crippen molar-refractivity contribution < 1.29 is 23.8 Å². The average Bonchev–Trinajstić information content (AvgIpc) is 2.85. The average molecular weight is 600 g/mol. The summed E-state index contributed by atoms with van der Waals surface area (Å²) in [6.07, 6.45) is 0.748. The molecule has 0 fully saturated rings. The molecule has 0 saturated carbocycles. The molecule has 0 spiro atoms. The van der Waals surface area contributed by atoms with E-state index in [1.807, 2.05) is 99.6 Å². The van der Waals surface area contributed by atoms with Gasteiger partial charge in [0.15, 0.2) is 0 Å². The number of hydrogen-bond acceptors (Lipinski definition) is 5. The van der Waals surface area contributed by atoms with Gasteiger partial charge in [-0.25, -0.2) is 0 Å². The highest BCUT2D eigenvalue weighted by Gasteiger charge is 2.38. The second-order valence-corrected chi connectivity index (χ2v) is 11.0. The van der Waals surface area contributed by atoms with Crippen LogP contribution in [0.15, 0.2) is 78.9 Å². The number of carbonyl (C=O) groups is 2. The maximum Gasteiger partial charge on any atom is 0.310 e. The normalized spacial score (nSPS) is 12.9. The monoisotopic (exact) mass is 600 g/mol. The van der Waals surface area contributed by atoms with Crippen LogP contribution < -0.4 is 4.74 Å². The van der Waals surface area contributed by atoms with E-state index >= 15 is 0 Å². The molecular weight excluding hydrogens is 567 g/mol. The number of rotatable bonds is 10. The lowest BCUT2D eigenvalue weighted by molar-refractivity contribution is -0.168. The highest BCUT2D eigenvalue weighted by molar-refractivity contribution is 14.1. The van der Waals surface area contributed by atoms with Crippen LogP contribution in [0, 0.1) is 15.4 Å². The van der Waals surface area contributed by atoms with Gasteiger partial charge in [-0.05, 0) is 97.2 Å². The zero-order valence-corrected chi connectivity index (χ0v) is 23.4. The highest BCUT2D eigenvalue weighted by atomic mass is 127. The second-order valence-electron chi connectivity index (χ2n) is 9.72. The van der Waals surface area contributed by atoms with Gasteiger partial charge in [0.05, 0.1) is 18.9 Å². The Bertz CT molecular complexity index is 1120. The van der Waals surface area contributed by atoms with Gasteiger partial charge in [0.1, 0.15) is 18.0 Å². The summed E-state index contributed by atoms with van der Waals surface area (Å²) in [6, 6.07) is 25.0. The van der Waals surface area contributed by atoms with E-state index in [9.17, 15) is 9.59 Å². The number of halogens is 1. The molecule has 0 saturated heterocycles. The Morgan fingerprint density at radius 2 is 1.28 bits per heavy atom. The zero-order chi connectivity index (χ0) is 26.1. The molecule has 0 unspecified atom stereocenters. The lowest BCUT2D eigenvalue weighted by atomic mass is 9.82. The minimum absolute atomic E-state index is 0.110. The SMILES string of the molecule is COc1ccc(COC(=O)[C@H](Cc2ccccc2)[C@H](Cc2ccc(I)cc2)C(=O)OC(C)(C)C)cc1. The van der Waals surface area contributed by atoms with Gasteiger partial charge < -0.3 is 14.2 Å². The third-order valence-corrected chi connectivity index (χ3v) is 6.42. The lowest BCUT2D eigenvalue weighted by Crippen LogP contribution is -2.38. The molecule has 36 heavy (non-hydrogen) atoms. The predicted octanol–water partition coefficient (Wildman–Crippen LogP) is 6.40. The Kier molecular flexibility index (Phi) is 9.93. The third kappa shape index (κ3) is 8.66. The van der Waals surface area contributed by atoms with Crippen LogP contribution in [0.3, 0.4) is 0 Å². The molecule has 2 atom stereocenters. The van der Waals surface area contributed by atoms with E-state index < -0.39 is 29.4 Å². The maximum atomic E-state index is 13.5. The molecular formula is C30H33IO5. The Morgan fingerprint density at radius 1 is 0.750 bits per heavy atom. The van der Waals surface area contributed by atoms with Crippen LogP contribution in [0.2, 0.25) is 0 Å². The fourth-order valence-electron chi connectivity index (χ4n) is 3.88. The summed E-state index contributed by atoms with van der Waals surface area (Å²) in [6.45, 7) is 5.61. The van der Waals surface area contributed by atoms with Crippen molar-refractivity contribution in [3.8, 4) is 5.75 Å². The summed E-state index contributed by atoms with van der Waals surface area (Å²) in [5.41, 5.74) is 2.09. The van der Waals surface area contributed by atoms with Gasteiger partial charge in [-0.15, -0.1) is 0 Å². The van der Waals surface area contributed by atoms with E-state index in [0.29, 0.717) is 12.8 Å². The molecule has 5 nitrogen and oxygen atoms in total. The molecule has 0 heterocycles. The van der Waals surface area contributed by atoms with Crippen LogP contribution in [0.25, 0.3) is 0 Å². The number of benzene rings is 3. The first-order valence-corrected chi connectivity index (χ1v) is 13.0. The molecule has 0 aliphatic heterocycles. The van der Waals surface area contributed by atoms with Crippen molar-refractivity contribution in [2.24, 2.45) is 11.8 Å². The quantitative estimate of drug-likeness (QED) is 0.199. The van der Waals surface area contributed by atoms with Crippen molar-refractivity contribution >= 4 is 34.5 Å². The molecule has 0 aliphatic rings. The number of ether oxygens (including phenoxy) is 3. The number of carbonyl (C=O) groups excluding carboxylic acids is 2. The van der Waals surface area contributed by atoms with E-state index in [2.05, 4.69) is 22.6 Å². The molecule has 0 amide bonds. The molecule has 3 aromatic rings. The van der Waals surface area contributed by atoms with Crippen LogP contribution in [-0.4, -0.2) is 24.6 Å². The zero-order valence-electron chi connectivity index (χ0n) is 21.2. The van der Waals surface area contributed by atoms with Gasteiger partial charge in [0.2, 0.25) is 0 Å². The maximum absolute atomic E-state index is 13.5. The molecule has 190 valence electrons. The minimum atomic E-state index is -0.709. The fourth-order valence-corrected chi connectivity index (χ4v) is 4.24. The summed E-state index contributed by atoms with van der Waals surface area (Å²) < 4.78 is 17.9. The van der Waals surface area contributed by atoms with Crippen molar-refractivity contribution in [3.63, 3.8) is 0 Å². The Labute approximate surface area is 227 Å². The molecule has 0 aliphatic carbocycles. The fraction of sp³-hybridized carbons (Fsp3) is 0.333. The molecule has 0 N–H and O–H groups in total. The Balaban J connectivity index is 1.89.